The highest BCUT2D eigenvalue weighted by Crippen LogP contribution is 2.16. The van der Waals surface area contributed by atoms with Crippen molar-refractivity contribution in [2.45, 2.75) is 200 Å². The zero-order chi connectivity index (χ0) is 32.6. The molecule has 45 heavy (non-hydrogen) atoms. The number of ether oxygens (including phenoxy) is 2. The van der Waals surface area contributed by atoms with Crippen LogP contribution in [-0.2, 0) is 19.1 Å². The van der Waals surface area contributed by atoms with Crippen LogP contribution in [0.5, 0.6) is 0 Å². The summed E-state index contributed by atoms with van der Waals surface area (Å²) in [6.45, 7) is 4.51. The summed E-state index contributed by atoms with van der Waals surface area (Å²) in [6.07, 6.45) is 31.0. The van der Waals surface area contributed by atoms with Crippen molar-refractivity contribution in [3.8, 4) is 0 Å². The molecule has 5 heteroatoms. The minimum atomic E-state index is -1.47. The van der Waals surface area contributed by atoms with Gasteiger partial charge in [0, 0.05) is 12.8 Å². The highest BCUT2D eigenvalue weighted by atomic mass is 16.7. The van der Waals surface area contributed by atoms with Crippen molar-refractivity contribution in [1.82, 2.24) is 0 Å². The Bertz CT molecular complexity index is 836. The molecule has 1 unspecified atom stereocenters. The Balaban J connectivity index is 2.26. The van der Waals surface area contributed by atoms with E-state index in [4.69, 9.17) is 9.47 Å². The van der Waals surface area contributed by atoms with Gasteiger partial charge >= 0.3 is 18.2 Å². The molecule has 0 radical (unpaired) electrons. The number of esters is 2. The number of rotatable bonds is 32. The molecule has 0 heterocycles. The lowest BCUT2D eigenvalue weighted by molar-refractivity contribution is -0.176. The van der Waals surface area contributed by atoms with Crippen LogP contribution in [0.2, 0.25) is 0 Å². The van der Waals surface area contributed by atoms with Crippen LogP contribution in [0.15, 0.2) is 30.3 Å². The molecule has 0 saturated heterocycles. The van der Waals surface area contributed by atoms with Gasteiger partial charge < -0.3 is 9.47 Å². The van der Waals surface area contributed by atoms with E-state index in [0.29, 0.717) is 12.0 Å². The Hall–Kier alpha value is -2.17. The van der Waals surface area contributed by atoms with Crippen LogP contribution in [0, 0.1) is 0 Å². The van der Waals surface area contributed by atoms with E-state index >= 15 is 0 Å². The molecular weight excluding hydrogens is 560 g/mol. The van der Waals surface area contributed by atoms with Gasteiger partial charge in [0.1, 0.15) is 0 Å². The molecule has 1 aromatic rings. The fourth-order valence-electron chi connectivity index (χ4n) is 5.80. The van der Waals surface area contributed by atoms with Crippen LogP contribution in [0.25, 0.3) is 0 Å². The summed E-state index contributed by atoms with van der Waals surface area (Å²) in [5.74, 6) is -1.45. The van der Waals surface area contributed by atoms with E-state index in [1.807, 2.05) is 6.07 Å². The summed E-state index contributed by atoms with van der Waals surface area (Å²) >= 11 is 0. The molecule has 0 spiro atoms. The van der Waals surface area contributed by atoms with Gasteiger partial charge in [-0.25, -0.2) is 4.79 Å². The first kappa shape index (κ1) is 40.9. The third-order valence-corrected chi connectivity index (χ3v) is 8.74. The molecule has 0 N–H and O–H groups in total. The standard InChI is InChI=1S/C40H68O5/c1-3-5-7-9-11-13-15-17-19-21-23-25-30-34-37(41)40(45-39(43)36-32-28-27-29-33-36)44-38(42)35-31-26-24-22-20-18-16-14-12-10-8-6-4-2/h27-29,32-33,40H,3-26,30-31,34-35H2,1-2H3. The minimum Gasteiger partial charge on any atom is -0.417 e. The van der Waals surface area contributed by atoms with Crippen molar-refractivity contribution in [1.29, 1.82) is 0 Å². The van der Waals surface area contributed by atoms with Crippen LogP contribution in [0.4, 0.5) is 0 Å². The fraction of sp³-hybridized carbons (Fsp3) is 0.775. The molecule has 0 aliphatic carbocycles. The summed E-state index contributed by atoms with van der Waals surface area (Å²) in [5, 5.41) is 0. The van der Waals surface area contributed by atoms with Gasteiger partial charge in [-0.1, -0.05) is 186 Å². The minimum absolute atomic E-state index is 0.239. The number of hydrogen-bond acceptors (Lipinski definition) is 5. The Labute approximate surface area is 277 Å². The molecule has 0 amide bonds. The molecule has 1 rings (SSSR count). The number of unbranched alkanes of at least 4 members (excludes halogenated alkanes) is 24. The van der Waals surface area contributed by atoms with E-state index in [1.54, 1.807) is 24.3 Å². The molecule has 0 fully saturated rings. The maximum Gasteiger partial charge on any atom is 0.341 e. The molecule has 5 nitrogen and oxygen atoms in total. The second-order valence-electron chi connectivity index (χ2n) is 13.0. The lowest BCUT2D eigenvalue weighted by Crippen LogP contribution is -2.32. The van der Waals surface area contributed by atoms with Crippen molar-refractivity contribution in [3.63, 3.8) is 0 Å². The number of carbonyl (C=O) groups excluding carboxylic acids is 3. The quantitative estimate of drug-likeness (QED) is 0.0451. The summed E-state index contributed by atoms with van der Waals surface area (Å²) in [4.78, 5) is 38.2. The predicted octanol–water partition coefficient (Wildman–Crippen LogP) is 12.2. The van der Waals surface area contributed by atoms with Crippen LogP contribution in [0.1, 0.15) is 204 Å². The summed E-state index contributed by atoms with van der Waals surface area (Å²) < 4.78 is 10.9. The third kappa shape index (κ3) is 24.7. The largest absolute Gasteiger partial charge is 0.417 e. The first-order chi connectivity index (χ1) is 22.1. The van der Waals surface area contributed by atoms with Gasteiger partial charge in [0.05, 0.1) is 5.56 Å². The molecule has 1 atom stereocenters. The van der Waals surface area contributed by atoms with E-state index in [-0.39, 0.29) is 18.6 Å². The Morgan fingerprint density at radius 3 is 1.22 bits per heavy atom. The molecule has 0 saturated carbocycles. The van der Waals surface area contributed by atoms with Crippen LogP contribution in [0.3, 0.4) is 0 Å². The zero-order valence-corrected chi connectivity index (χ0v) is 29.3. The van der Waals surface area contributed by atoms with E-state index < -0.39 is 18.2 Å². The number of carbonyl (C=O) groups is 3. The Kier molecular flexibility index (Phi) is 27.7. The maximum atomic E-state index is 13.0. The van der Waals surface area contributed by atoms with E-state index in [1.165, 1.54) is 128 Å². The van der Waals surface area contributed by atoms with Gasteiger partial charge in [-0.3, -0.25) is 9.59 Å². The number of Topliss-reactive ketones (excluding diaryl/α,β-unsaturated/α-hetero) is 1. The van der Waals surface area contributed by atoms with Crippen molar-refractivity contribution >= 4 is 17.7 Å². The summed E-state index contributed by atoms with van der Waals surface area (Å²) in [6, 6.07) is 8.55. The van der Waals surface area contributed by atoms with Gasteiger partial charge in [-0.15, -0.1) is 0 Å². The van der Waals surface area contributed by atoms with Gasteiger partial charge in [0.15, 0.2) is 0 Å². The lowest BCUT2D eigenvalue weighted by atomic mass is 10.0. The number of ketones is 1. The van der Waals surface area contributed by atoms with E-state index in [0.717, 1.165) is 32.1 Å². The Morgan fingerprint density at radius 1 is 0.467 bits per heavy atom. The van der Waals surface area contributed by atoms with Gasteiger partial charge in [-0.2, -0.15) is 0 Å². The first-order valence-electron chi connectivity index (χ1n) is 19.1. The average Bonchev–Trinajstić information content (AvgIpc) is 3.05. The van der Waals surface area contributed by atoms with E-state index in [9.17, 15) is 14.4 Å². The topological polar surface area (TPSA) is 69.7 Å². The highest BCUT2D eigenvalue weighted by molar-refractivity contribution is 5.93. The van der Waals surface area contributed by atoms with Crippen LogP contribution < -0.4 is 0 Å². The molecule has 1 aromatic carbocycles. The zero-order valence-electron chi connectivity index (χ0n) is 29.3. The molecule has 258 valence electrons. The van der Waals surface area contributed by atoms with Crippen molar-refractivity contribution in [3.05, 3.63) is 35.9 Å². The fourth-order valence-corrected chi connectivity index (χ4v) is 5.80. The van der Waals surface area contributed by atoms with Gasteiger partial charge in [0.25, 0.3) is 0 Å². The number of benzene rings is 1. The second-order valence-corrected chi connectivity index (χ2v) is 13.0. The normalized spacial score (nSPS) is 11.8. The van der Waals surface area contributed by atoms with Crippen molar-refractivity contribution in [2.24, 2.45) is 0 Å². The monoisotopic (exact) mass is 629 g/mol. The third-order valence-electron chi connectivity index (χ3n) is 8.74. The Morgan fingerprint density at radius 2 is 0.822 bits per heavy atom. The van der Waals surface area contributed by atoms with Gasteiger partial charge in [0.2, 0.25) is 5.78 Å². The highest BCUT2D eigenvalue weighted by Gasteiger charge is 2.27. The van der Waals surface area contributed by atoms with Crippen LogP contribution in [-0.4, -0.2) is 24.0 Å². The summed E-state index contributed by atoms with van der Waals surface area (Å²) in [5.41, 5.74) is 0.337. The molecule has 0 aliphatic heterocycles. The average molecular weight is 629 g/mol. The smallest absolute Gasteiger partial charge is 0.341 e. The summed E-state index contributed by atoms with van der Waals surface area (Å²) in [7, 11) is 0. The SMILES string of the molecule is CCCCCCCCCCCCCCCC(=O)OC(OC(=O)c1ccccc1)C(=O)CCCCCCCCCCCCCCC. The molecule has 0 aromatic heterocycles. The lowest BCUT2D eigenvalue weighted by Gasteiger charge is -2.17. The van der Waals surface area contributed by atoms with Crippen molar-refractivity contribution < 1.29 is 23.9 Å². The van der Waals surface area contributed by atoms with Gasteiger partial charge in [-0.05, 0) is 25.0 Å². The second kappa shape index (κ2) is 30.5. The van der Waals surface area contributed by atoms with Crippen LogP contribution >= 0.6 is 0 Å². The maximum absolute atomic E-state index is 13.0. The van der Waals surface area contributed by atoms with Crippen molar-refractivity contribution in [2.75, 3.05) is 0 Å². The van der Waals surface area contributed by atoms with E-state index in [2.05, 4.69) is 13.8 Å². The molecule has 0 bridgehead atoms. The number of hydrogen-bond donors (Lipinski definition) is 0. The molecule has 0 aliphatic rings. The predicted molar refractivity (Wildman–Crippen MR) is 187 cm³/mol. The first-order valence-corrected chi connectivity index (χ1v) is 19.1. The molecular formula is C40H68O5.